The zero-order valence-electron chi connectivity index (χ0n) is 11.2. The van der Waals surface area contributed by atoms with E-state index in [0.29, 0.717) is 23.2 Å². The van der Waals surface area contributed by atoms with Crippen LogP contribution in [0.25, 0.3) is 0 Å². The van der Waals surface area contributed by atoms with Crippen molar-refractivity contribution in [2.75, 3.05) is 24.7 Å². The molecule has 5 heteroatoms. The van der Waals surface area contributed by atoms with Gasteiger partial charge in [0.05, 0.1) is 7.11 Å². The molecule has 19 heavy (non-hydrogen) atoms. The number of rotatable bonds is 5. The van der Waals surface area contributed by atoms with E-state index in [1.807, 2.05) is 25.1 Å². The Morgan fingerprint density at radius 3 is 2.63 bits per heavy atom. The van der Waals surface area contributed by atoms with Crippen molar-refractivity contribution in [2.24, 2.45) is 0 Å². The van der Waals surface area contributed by atoms with Crippen molar-refractivity contribution in [1.82, 2.24) is 9.97 Å². The molecule has 0 bridgehead atoms. The molecule has 0 spiro atoms. The number of nitrogens with zero attached hydrogens (tertiary/aromatic N) is 2. The molecule has 0 radical (unpaired) electrons. The van der Waals surface area contributed by atoms with Crippen LogP contribution < -0.4 is 15.8 Å². The summed E-state index contributed by atoms with van der Waals surface area (Å²) in [6.45, 7) is 2.57. The van der Waals surface area contributed by atoms with E-state index in [9.17, 15) is 0 Å². The highest BCUT2D eigenvalue weighted by Gasteiger charge is 2.09. The number of benzene rings is 1. The van der Waals surface area contributed by atoms with Gasteiger partial charge < -0.3 is 15.8 Å². The molecule has 0 aliphatic rings. The van der Waals surface area contributed by atoms with Crippen LogP contribution in [0, 0.1) is 6.92 Å². The van der Waals surface area contributed by atoms with Crippen LogP contribution in [0.4, 0.5) is 11.5 Å². The second kappa shape index (κ2) is 6.04. The fraction of sp³-hybridized carbons (Fsp3) is 0.286. The lowest BCUT2D eigenvalue weighted by Gasteiger charge is -2.11. The molecule has 5 nitrogen and oxygen atoms in total. The molecule has 3 N–H and O–H groups in total. The molecular weight excluding hydrogens is 240 g/mol. The minimum absolute atomic E-state index is 0.412. The lowest BCUT2D eigenvalue weighted by atomic mass is 10.1. The van der Waals surface area contributed by atoms with Crippen molar-refractivity contribution >= 4 is 11.5 Å². The fourth-order valence-corrected chi connectivity index (χ4v) is 1.82. The summed E-state index contributed by atoms with van der Waals surface area (Å²) in [5, 5.41) is 3.22. The Balaban J connectivity index is 2.02. The summed E-state index contributed by atoms with van der Waals surface area (Å²) in [4.78, 5) is 8.41. The summed E-state index contributed by atoms with van der Waals surface area (Å²) in [6.07, 6.45) is 0.908. The van der Waals surface area contributed by atoms with Gasteiger partial charge in [-0.15, -0.1) is 0 Å². The molecule has 0 aliphatic heterocycles. The first-order chi connectivity index (χ1) is 9.20. The zero-order valence-corrected chi connectivity index (χ0v) is 11.2. The molecule has 1 aromatic carbocycles. The predicted octanol–water partition coefficient (Wildman–Crippen LogP) is 2.03. The quantitative estimate of drug-likeness (QED) is 0.858. The highest BCUT2D eigenvalue weighted by atomic mass is 16.5. The lowest BCUT2D eigenvalue weighted by Crippen LogP contribution is -2.11. The third-order valence-electron chi connectivity index (χ3n) is 2.76. The molecule has 0 saturated heterocycles. The van der Waals surface area contributed by atoms with E-state index >= 15 is 0 Å². The normalized spacial score (nSPS) is 10.2. The Hall–Kier alpha value is -2.30. The number of aryl methyl sites for hydroxylation is 1. The minimum Gasteiger partial charge on any atom is -0.479 e. The summed E-state index contributed by atoms with van der Waals surface area (Å²) in [6, 6.07) is 10.3. The molecule has 0 fully saturated rings. The molecule has 2 rings (SSSR count). The predicted molar refractivity (Wildman–Crippen MR) is 76.4 cm³/mol. The van der Waals surface area contributed by atoms with E-state index in [1.54, 1.807) is 7.11 Å². The Kier molecular flexibility index (Phi) is 4.18. The van der Waals surface area contributed by atoms with Gasteiger partial charge in [0, 0.05) is 6.54 Å². The average Bonchev–Trinajstić information content (AvgIpc) is 2.43. The third kappa shape index (κ3) is 3.34. The van der Waals surface area contributed by atoms with Crippen LogP contribution in [0.1, 0.15) is 11.4 Å². The second-order valence-corrected chi connectivity index (χ2v) is 4.20. The number of anilines is 2. The number of hydrogen-bond donors (Lipinski definition) is 2. The summed E-state index contributed by atoms with van der Waals surface area (Å²) >= 11 is 0. The van der Waals surface area contributed by atoms with Gasteiger partial charge in [0.15, 0.2) is 5.82 Å². The van der Waals surface area contributed by atoms with Crippen LogP contribution in [0.5, 0.6) is 5.88 Å². The Morgan fingerprint density at radius 2 is 1.95 bits per heavy atom. The lowest BCUT2D eigenvalue weighted by molar-refractivity contribution is 0.398. The maximum absolute atomic E-state index is 5.93. The van der Waals surface area contributed by atoms with Crippen molar-refractivity contribution in [1.29, 1.82) is 0 Å². The Morgan fingerprint density at radius 1 is 1.21 bits per heavy atom. The largest absolute Gasteiger partial charge is 0.479 e. The monoisotopic (exact) mass is 258 g/mol. The van der Waals surface area contributed by atoms with Crippen molar-refractivity contribution in [3.05, 3.63) is 41.7 Å². The van der Waals surface area contributed by atoms with E-state index in [2.05, 4.69) is 27.4 Å². The summed E-state index contributed by atoms with van der Waals surface area (Å²) in [7, 11) is 1.55. The minimum atomic E-state index is 0.412. The number of hydrogen-bond acceptors (Lipinski definition) is 5. The van der Waals surface area contributed by atoms with E-state index < -0.39 is 0 Å². The van der Waals surface area contributed by atoms with Gasteiger partial charge in [-0.2, -0.15) is 4.98 Å². The highest BCUT2D eigenvalue weighted by molar-refractivity contribution is 5.66. The van der Waals surface area contributed by atoms with Crippen LogP contribution >= 0.6 is 0 Å². The van der Waals surface area contributed by atoms with Gasteiger partial charge in [0.25, 0.3) is 0 Å². The van der Waals surface area contributed by atoms with E-state index in [-0.39, 0.29) is 0 Å². The van der Waals surface area contributed by atoms with Gasteiger partial charge >= 0.3 is 0 Å². The standard InChI is InChI=1S/C14H18N4O/c1-10-17-13(12(15)14(18-10)19-2)16-9-8-11-6-4-3-5-7-11/h3-7H,8-9,15H2,1-2H3,(H,16,17,18). The molecular formula is C14H18N4O. The van der Waals surface area contributed by atoms with Crippen molar-refractivity contribution in [3.8, 4) is 5.88 Å². The molecule has 1 heterocycles. The maximum atomic E-state index is 5.93. The zero-order chi connectivity index (χ0) is 13.7. The molecule has 0 saturated carbocycles. The summed E-state index contributed by atoms with van der Waals surface area (Å²) in [5.74, 6) is 1.67. The first-order valence-electron chi connectivity index (χ1n) is 6.16. The van der Waals surface area contributed by atoms with Gasteiger partial charge in [-0.05, 0) is 18.9 Å². The number of aromatic nitrogens is 2. The van der Waals surface area contributed by atoms with E-state index in [1.165, 1.54) is 5.56 Å². The van der Waals surface area contributed by atoms with Crippen LogP contribution in [0.3, 0.4) is 0 Å². The number of nitrogen functional groups attached to an aromatic ring is 1. The maximum Gasteiger partial charge on any atom is 0.242 e. The fourth-order valence-electron chi connectivity index (χ4n) is 1.82. The number of methoxy groups -OCH3 is 1. The molecule has 100 valence electrons. The van der Waals surface area contributed by atoms with Gasteiger partial charge in [-0.25, -0.2) is 4.98 Å². The molecule has 0 atom stereocenters. The van der Waals surface area contributed by atoms with Gasteiger partial charge in [0.1, 0.15) is 11.5 Å². The van der Waals surface area contributed by atoms with E-state index in [4.69, 9.17) is 10.5 Å². The Labute approximate surface area is 112 Å². The third-order valence-corrected chi connectivity index (χ3v) is 2.76. The Bertz CT molecular complexity index is 543. The number of nitrogens with one attached hydrogen (secondary N) is 1. The van der Waals surface area contributed by atoms with Crippen LogP contribution in [0.15, 0.2) is 30.3 Å². The first kappa shape index (κ1) is 13.1. The van der Waals surface area contributed by atoms with Crippen LogP contribution in [-0.2, 0) is 6.42 Å². The molecule has 0 amide bonds. The average molecular weight is 258 g/mol. The van der Waals surface area contributed by atoms with E-state index in [0.717, 1.165) is 13.0 Å². The van der Waals surface area contributed by atoms with Gasteiger partial charge in [-0.3, -0.25) is 0 Å². The molecule has 0 unspecified atom stereocenters. The van der Waals surface area contributed by atoms with Gasteiger partial charge in [0.2, 0.25) is 5.88 Å². The first-order valence-corrected chi connectivity index (χ1v) is 6.16. The topological polar surface area (TPSA) is 73.1 Å². The van der Waals surface area contributed by atoms with Gasteiger partial charge in [-0.1, -0.05) is 30.3 Å². The number of ether oxygens (including phenoxy) is 1. The molecule has 1 aromatic heterocycles. The van der Waals surface area contributed by atoms with Crippen molar-refractivity contribution < 1.29 is 4.74 Å². The SMILES string of the molecule is COc1nc(C)nc(NCCc2ccccc2)c1N. The molecule has 2 aromatic rings. The second-order valence-electron chi connectivity index (χ2n) is 4.20. The smallest absolute Gasteiger partial charge is 0.242 e. The number of nitrogens with two attached hydrogens (primary N) is 1. The van der Waals surface area contributed by atoms with Crippen molar-refractivity contribution in [3.63, 3.8) is 0 Å². The van der Waals surface area contributed by atoms with Crippen LogP contribution in [0.2, 0.25) is 0 Å². The summed E-state index contributed by atoms with van der Waals surface area (Å²) < 4.78 is 5.11. The summed E-state index contributed by atoms with van der Waals surface area (Å²) in [5.41, 5.74) is 7.64. The van der Waals surface area contributed by atoms with Crippen LogP contribution in [-0.4, -0.2) is 23.6 Å². The van der Waals surface area contributed by atoms with Crippen molar-refractivity contribution in [2.45, 2.75) is 13.3 Å². The molecule has 0 aliphatic carbocycles. The highest BCUT2D eigenvalue weighted by Crippen LogP contribution is 2.25.